The number of nitrogens with one attached hydrogen (secondary N) is 2. The molecule has 0 radical (unpaired) electrons. The van der Waals surface area contributed by atoms with Crippen LogP contribution < -0.4 is 10.6 Å². The zero-order valence-corrected chi connectivity index (χ0v) is 12.8. The second-order valence-corrected chi connectivity index (χ2v) is 6.31. The topological polar surface area (TPSA) is 78.4 Å². The van der Waals surface area contributed by atoms with Crippen LogP contribution in [0.5, 0.6) is 0 Å². The van der Waals surface area contributed by atoms with Crippen LogP contribution in [0.15, 0.2) is 17.5 Å². The average molecular weight is 310 g/mol. The third-order valence-electron chi connectivity index (χ3n) is 3.69. The van der Waals surface area contributed by atoms with Gasteiger partial charge in [-0.2, -0.15) is 0 Å². The monoisotopic (exact) mass is 310 g/mol. The molecule has 1 aliphatic rings. The summed E-state index contributed by atoms with van der Waals surface area (Å²) in [6.07, 6.45) is 4.26. The highest BCUT2D eigenvalue weighted by Gasteiger charge is 2.24. The van der Waals surface area contributed by atoms with Crippen molar-refractivity contribution in [2.24, 2.45) is 0 Å². The number of hydrogen-bond acceptors (Lipinski definition) is 4. The third-order valence-corrected chi connectivity index (χ3v) is 4.56. The van der Waals surface area contributed by atoms with E-state index in [1.165, 1.54) is 11.3 Å². The van der Waals surface area contributed by atoms with Crippen molar-refractivity contribution in [3.63, 3.8) is 0 Å². The first-order valence-electron chi connectivity index (χ1n) is 7.46. The maximum atomic E-state index is 11.8. The van der Waals surface area contributed by atoms with E-state index in [9.17, 15) is 14.7 Å². The molecule has 1 fully saturated rings. The first-order chi connectivity index (χ1) is 10.2. The molecule has 5 nitrogen and oxygen atoms in total. The van der Waals surface area contributed by atoms with E-state index in [0.29, 0.717) is 24.3 Å². The van der Waals surface area contributed by atoms with Gasteiger partial charge in [0, 0.05) is 13.0 Å². The van der Waals surface area contributed by atoms with Gasteiger partial charge in [-0.3, -0.25) is 9.59 Å². The number of aliphatic hydroxyl groups is 1. The van der Waals surface area contributed by atoms with Crippen molar-refractivity contribution in [1.82, 2.24) is 10.6 Å². The van der Waals surface area contributed by atoms with Gasteiger partial charge in [0.15, 0.2) is 0 Å². The predicted molar refractivity (Wildman–Crippen MR) is 82.3 cm³/mol. The molecule has 2 atom stereocenters. The van der Waals surface area contributed by atoms with Crippen molar-refractivity contribution in [3.8, 4) is 0 Å². The van der Waals surface area contributed by atoms with E-state index in [1.54, 1.807) is 6.07 Å². The van der Waals surface area contributed by atoms with Crippen LogP contribution in [0.3, 0.4) is 0 Å². The van der Waals surface area contributed by atoms with Crippen molar-refractivity contribution >= 4 is 23.2 Å². The highest BCUT2D eigenvalue weighted by Crippen LogP contribution is 2.18. The maximum absolute atomic E-state index is 11.8. The van der Waals surface area contributed by atoms with E-state index in [0.717, 1.165) is 25.7 Å². The first kappa shape index (κ1) is 16.0. The van der Waals surface area contributed by atoms with Crippen LogP contribution in [0.4, 0.5) is 0 Å². The minimum atomic E-state index is -0.416. The standard InChI is InChI=1S/C15H22N2O3S/c18-12-6-2-1-5-11(12)17-14(19)8-3-9-16-15(20)13-7-4-10-21-13/h4,7,10-12,18H,1-3,5-6,8-9H2,(H,16,20)(H,17,19). The summed E-state index contributed by atoms with van der Waals surface area (Å²) in [6.45, 7) is 0.484. The van der Waals surface area contributed by atoms with Crippen LogP contribution in [-0.4, -0.2) is 35.6 Å². The van der Waals surface area contributed by atoms with Gasteiger partial charge in [0.05, 0.1) is 17.0 Å². The van der Waals surface area contributed by atoms with Gasteiger partial charge in [-0.25, -0.2) is 0 Å². The van der Waals surface area contributed by atoms with Crippen molar-refractivity contribution in [3.05, 3.63) is 22.4 Å². The molecule has 2 rings (SSSR count). The van der Waals surface area contributed by atoms with Crippen LogP contribution in [0, 0.1) is 0 Å². The van der Waals surface area contributed by atoms with Crippen molar-refractivity contribution < 1.29 is 14.7 Å². The third kappa shape index (κ3) is 5.13. The lowest BCUT2D eigenvalue weighted by Crippen LogP contribution is -2.45. The number of aliphatic hydroxyl groups excluding tert-OH is 1. The minimum absolute atomic E-state index is 0.0497. The van der Waals surface area contributed by atoms with Gasteiger partial charge in [-0.15, -0.1) is 11.3 Å². The summed E-state index contributed by atoms with van der Waals surface area (Å²) < 4.78 is 0. The lowest BCUT2D eigenvalue weighted by molar-refractivity contribution is -0.123. The number of rotatable bonds is 6. The molecule has 0 spiro atoms. The Bertz CT molecular complexity index is 461. The van der Waals surface area contributed by atoms with E-state index in [4.69, 9.17) is 0 Å². The van der Waals surface area contributed by atoms with Crippen molar-refractivity contribution in [2.45, 2.75) is 50.7 Å². The van der Waals surface area contributed by atoms with E-state index in [1.807, 2.05) is 11.4 Å². The number of amides is 2. The van der Waals surface area contributed by atoms with Gasteiger partial charge < -0.3 is 15.7 Å². The largest absolute Gasteiger partial charge is 0.391 e. The summed E-state index contributed by atoms with van der Waals surface area (Å²) in [6, 6.07) is 3.51. The van der Waals surface area contributed by atoms with Gasteiger partial charge in [0.2, 0.25) is 5.91 Å². The van der Waals surface area contributed by atoms with Crippen molar-refractivity contribution in [2.75, 3.05) is 6.54 Å². The molecule has 21 heavy (non-hydrogen) atoms. The van der Waals surface area contributed by atoms with Gasteiger partial charge in [-0.1, -0.05) is 18.9 Å². The SMILES string of the molecule is O=C(CCCNC(=O)c1cccs1)NC1CCCCC1O. The van der Waals surface area contributed by atoms with Crippen molar-refractivity contribution in [1.29, 1.82) is 0 Å². The zero-order chi connectivity index (χ0) is 15.1. The molecular formula is C15H22N2O3S. The zero-order valence-electron chi connectivity index (χ0n) is 12.0. The molecule has 116 valence electrons. The predicted octanol–water partition coefficient (Wildman–Crippen LogP) is 1.68. The smallest absolute Gasteiger partial charge is 0.261 e. The average Bonchev–Trinajstić information content (AvgIpc) is 3.00. The second kappa shape index (κ2) is 8.14. The molecule has 1 aliphatic carbocycles. The Morgan fingerprint density at radius 3 is 2.86 bits per heavy atom. The highest BCUT2D eigenvalue weighted by atomic mass is 32.1. The molecule has 1 saturated carbocycles. The summed E-state index contributed by atoms with van der Waals surface area (Å²) in [7, 11) is 0. The number of hydrogen-bond donors (Lipinski definition) is 3. The van der Waals surface area contributed by atoms with E-state index < -0.39 is 6.10 Å². The second-order valence-electron chi connectivity index (χ2n) is 5.36. The fourth-order valence-electron chi connectivity index (χ4n) is 2.50. The van der Waals surface area contributed by atoms with Gasteiger partial charge >= 0.3 is 0 Å². The molecule has 6 heteroatoms. The Labute approximate surface area is 128 Å². The molecule has 2 unspecified atom stereocenters. The Morgan fingerprint density at radius 1 is 1.33 bits per heavy atom. The van der Waals surface area contributed by atoms with Gasteiger partial charge in [0.25, 0.3) is 5.91 Å². The number of thiophene rings is 1. The summed E-state index contributed by atoms with van der Waals surface area (Å²) >= 11 is 1.40. The molecule has 0 aliphatic heterocycles. The number of carbonyl (C=O) groups excluding carboxylic acids is 2. The molecule has 1 aromatic rings. The summed E-state index contributed by atoms with van der Waals surface area (Å²) in [5.74, 6) is -0.139. The maximum Gasteiger partial charge on any atom is 0.261 e. The molecule has 0 bridgehead atoms. The quantitative estimate of drug-likeness (QED) is 0.700. The van der Waals surface area contributed by atoms with E-state index in [-0.39, 0.29) is 17.9 Å². The summed E-state index contributed by atoms with van der Waals surface area (Å²) in [5.41, 5.74) is 0. The summed E-state index contributed by atoms with van der Waals surface area (Å²) in [5, 5.41) is 17.3. The van der Waals surface area contributed by atoms with Crippen LogP contribution in [-0.2, 0) is 4.79 Å². The molecular weight excluding hydrogens is 288 g/mol. The Kier molecular flexibility index (Phi) is 6.20. The summed E-state index contributed by atoms with van der Waals surface area (Å²) in [4.78, 5) is 24.2. The minimum Gasteiger partial charge on any atom is -0.391 e. The molecule has 1 aromatic heterocycles. The number of carbonyl (C=O) groups is 2. The van der Waals surface area contributed by atoms with Crippen LogP contribution in [0.25, 0.3) is 0 Å². The van der Waals surface area contributed by atoms with Gasteiger partial charge in [-0.05, 0) is 30.7 Å². The first-order valence-corrected chi connectivity index (χ1v) is 8.34. The van der Waals surface area contributed by atoms with Gasteiger partial charge in [0.1, 0.15) is 0 Å². The lowest BCUT2D eigenvalue weighted by Gasteiger charge is -2.28. The molecule has 0 saturated heterocycles. The fourth-order valence-corrected chi connectivity index (χ4v) is 3.14. The Balaban J connectivity index is 1.60. The van der Waals surface area contributed by atoms with E-state index in [2.05, 4.69) is 10.6 Å². The molecule has 2 amide bonds. The molecule has 1 heterocycles. The lowest BCUT2D eigenvalue weighted by atomic mass is 9.92. The Hall–Kier alpha value is -1.40. The van der Waals surface area contributed by atoms with Crippen LogP contribution in [0.1, 0.15) is 48.2 Å². The van der Waals surface area contributed by atoms with E-state index >= 15 is 0 Å². The van der Waals surface area contributed by atoms with Crippen LogP contribution in [0.2, 0.25) is 0 Å². The highest BCUT2D eigenvalue weighted by molar-refractivity contribution is 7.12. The fraction of sp³-hybridized carbons (Fsp3) is 0.600. The molecule has 3 N–H and O–H groups in total. The molecule has 0 aromatic carbocycles. The van der Waals surface area contributed by atoms with Crippen LogP contribution >= 0.6 is 11.3 Å². The Morgan fingerprint density at radius 2 is 2.14 bits per heavy atom. The normalized spacial score (nSPS) is 21.8.